The first-order chi connectivity index (χ1) is 48.6. The van der Waals surface area contributed by atoms with Crippen LogP contribution in [0.4, 0.5) is 11.4 Å². The Bertz CT molecular complexity index is 5270. The second-order valence-corrected chi connectivity index (χ2v) is 35.4. The van der Waals surface area contributed by atoms with Gasteiger partial charge in [0.1, 0.15) is 16.4 Å². The number of unbranched alkanes of at least 4 members (excludes halogenated alkanes) is 2. The van der Waals surface area contributed by atoms with Crippen molar-refractivity contribution in [2.24, 2.45) is 29.1 Å². The van der Waals surface area contributed by atoms with E-state index in [1.54, 1.807) is 11.8 Å². The molecule has 1 amide bonds. The number of H-pyrrole nitrogens is 3. The number of rotatable bonds is 20. The van der Waals surface area contributed by atoms with E-state index in [-0.39, 0.29) is 70.9 Å². The van der Waals surface area contributed by atoms with Crippen molar-refractivity contribution in [3.8, 4) is 0 Å². The highest BCUT2D eigenvalue weighted by Gasteiger charge is 2.48. The Morgan fingerprint density at radius 1 is 0.814 bits per heavy atom. The summed E-state index contributed by atoms with van der Waals surface area (Å²) in [5, 5.41) is 11.3. The summed E-state index contributed by atoms with van der Waals surface area (Å²) in [6.45, 7) is 23.4. The van der Waals surface area contributed by atoms with Crippen LogP contribution < -0.4 is 21.3 Å². The van der Waals surface area contributed by atoms with Crippen LogP contribution in [0.5, 0.6) is 0 Å². The van der Waals surface area contributed by atoms with Gasteiger partial charge in [-0.25, -0.2) is 8.42 Å². The van der Waals surface area contributed by atoms with E-state index in [2.05, 4.69) is 249 Å². The Hall–Kier alpha value is -8.74. The normalized spacial score (nSPS) is 22.3. The van der Waals surface area contributed by atoms with Crippen LogP contribution in [0.15, 0.2) is 190 Å². The van der Waals surface area contributed by atoms with Gasteiger partial charge < -0.3 is 30.5 Å². The number of ketones is 1. The summed E-state index contributed by atoms with van der Waals surface area (Å²) in [6, 6.07) is 23.3. The van der Waals surface area contributed by atoms with E-state index in [1.165, 1.54) is 39.3 Å². The quantitative estimate of drug-likeness (QED) is 0.0243. The zero-order valence-electron chi connectivity index (χ0n) is 60.3. The maximum atomic E-state index is 14.4. The number of aromatic nitrogens is 3. The highest BCUT2D eigenvalue weighted by Crippen LogP contribution is 2.55. The predicted octanol–water partition coefficient (Wildman–Crippen LogP) is 15.9. The van der Waals surface area contributed by atoms with Gasteiger partial charge in [-0.05, 0) is 183 Å². The molecule has 3 aromatic carbocycles. The number of carbonyl (C=O) groups excluding carboxylic acids is 2. The molecule has 4 aliphatic carbocycles. The topological polar surface area (TPSA) is 200 Å². The Labute approximate surface area is 604 Å². The van der Waals surface area contributed by atoms with Crippen molar-refractivity contribution in [2.45, 2.75) is 136 Å². The maximum absolute atomic E-state index is 14.4. The number of hydrogen-bond donors (Lipinski definition) is 6. The average Bonchev–Trinajstić information content (AvgIpc) is 1.58. The number of sulfone groups is 1. The lowest BCUT2D eigenvalue weighted by Gasteiger charge is -2.33. The average molecular weight is 1420 g/mol. The fraction of sp³-hybridized carbons (Fsp3) is 0.353. The molecule has 3 aromatic heterocycles. The lowest BCUT2D eigenvalue weighted by molar-refractivity contribution is -0.438. The fourth-order valence-electron chi connectivity index (χ4n) is 17.1. The zero-order chi connectivity index (χ0) is 71.9. The van der Waals surface area contributed by atoms with E-state index in [1.807, 2.05) is 19.1 Å². The maximum Gasteiger partial charge on any atom is 0.264 e. The first kappa shape index (κ1) is 70.3. The molecule has 102 heavy (non-hydrogen) atoms. The number of amides is 1. The van der Waals surface area contributed by atoms with Crippen molar-refractivity contribution in [3.63, 3.8) is 0 Å². The molecule has 6 aromatic rings. The molecular weight excluding hydrogens is 1330 g/mol. The lowest BCUT2D eigenvalue weighted by atomic mass is 9.69. The summed E-state index contributed by atoms with van der Waals surface area (Å²) in [5.74, 6) is 0.413. The second kappa shape index (κ2) is 27.5. The van der Waals surface area contributed by atoms with Crippen molar-refractivity contribution < 1.29 is 35.6 Å². The van der Waals surface area contributed by atoms with Gasteiger partial charge in [0.15, 0.2) is 11.5 Å². The number of allylic oxidation sites excluding steroid dienone is 17. The molecule has 0 saturated carbocycles. The number of Topliss-reactive ketones (excluding diaryl/α,β-unsaturated/α-hetero) is 1. The third-order valence-corrected chi connectivity index (χ3v) is 25.7. The number of thioether (sulfide) groups is 1. The molecule has 5 atom stereocenters. The first-order valence-corrected chi connectivity index (χ1v) is 40.7. The molecule has 4 aliphatic heterocycles. The summed E-state index contributed by atoms with van der Waals surface area (Å²) in [7, 11) is -7.26. The highest BCUT2D eigenvalue weighted by atomic mass is 32.2. The molecule has 0 spiro atoms. The summed E-state index contributed by atoms with van der Waals surface area (Å²) >= 11 is 1.74. The van der Waals surface area contributed by atoms with E-state index < -0.39 is 30.8 Å². The number of anilines is 1. The standard InChI is InChI=1S/C85H93N7O7S3/c1-50(2)65-45-60-46-67-53(5)62(81(89-67)66-47-74(93)78-54(6)70(90-82(66)78)48-68-51(3)52(4)69(88-68)49-71(65)86-60)35-40-77(94)87-59-31-33-61(34-32-59)100-83-57(29-38-75-84(7,8)79-63-25-14-12-21-55(63)27-36-72(79)91(75)41-16-18-43-101(11,95)96)23-20-24-58(83)30-39-76-85(9,10)80-64-26-15-13-22-56(64)28-37-73(80)92(76)42-17-19-44-102(97,98)99/h12-15,20-34,36-39,45-46,48-50,53,56,62,64,83,86,88H,16-19,35,40-44,47H2,1-11H3,(H3-,87,89,90,93,94,97,98,99)/p+1. The smallest absolute Gasteiger partial charge is 0.264 e. The van der Waals surface area contributed by atoms with Crippen molar-refractivity contribution in [1.82, 2.24) is 25.2 Å². The van der Waals surface area contributed by atoms with Gasteiger partial charge in [-0.2, -0.15) is 13.0 Å². The van der Waals surface area contributed by atoms with Crippen molar-refractivity contribution >= 4 is 95.1 Å². The SMILES string of the molecule is Cc1c2[nH]c3c1C(=O)CC3=C1NC(=Cc3cc(C(C)C)c([nH]3)C=c3[nH]c(c(C)c3C)=C2)C(C)C1CCC(=O)Nc1ccc(SC2C(C=CC3=[N+](CCCCS(C)(=O)=O)c4ccc5ccccc5c4C3(C)C)=CC=CC2=CC=C2N(CCCCS(=O)(=O)O)C3=C(C4C=CC=CC4C=C3)C2(C)C)cc1. The van der Waals surface area contributed by atoms with Crippen LogP contribution >= 0.6 is 11.8 Å². The van der Waals surface area contributed by atoms with Crippen LogP contribution in [0.2, 0.25) is 0 Å². The highest BCUT2D eigenvalue weighted by molar-refractivity contribution is 8.00. The summed E-state index contributed by atoms with van der Waals surface area (Å²) in [6.07, 6.45) is 39.9. The van der Waals surface area contributed by atoms with E-state index in [9.17, 15) is 31.0 Å². The van der Waals surface area contributed by atoms with E-state index in [0.29, 0.717) is 50.9 Å². The number of aromatic amines is 3. The van der Waals surface area contributed by atoms with Crippen LogP contribution in [-0.4, -0.2) is 99.3 Å². The van der Waals surface area contributed by atoms with Crippen molar-refractivity contribution in [2.75, 3.05) is 36.2 Å². The van der Waals surface area contributed by atoms with Crippen LogP contribution in [0.3, 0.4) is 0 Å². The van der Waals surface area contributed by atoms with Gasteiger partial charge in [-0.3, -0.25) is 14.1 Å². The Morgan fingerprint density at radius 2 is 1.56 bits per heavy atom. The molecule has 0 radical (unpaired) electrons. The zero-order valence-corrected chi connectivity index (χ0v) is 62.8. The largest absolute Gasteiger partial charge is 0.361 e. The number of nitrogens with one attached hydrogen (secondary N) is 5. The molecule has 528 valence electrons. The van der Waals surface area contributed by atoms with Gasteiger partial charge in [0, 0.05) is 151 Å². The molecule has 5 unspecified atom stereocenters. The Kier molecular flexibility index (Phi) is 18.9. The molecular formula is C85H94N7O7S3+. The number of nitrogens with zero attached hydrogens (tertiary/aromatic N) is 2. The summed E-state index contributed by atoms with van der Waals surface area (Å²) in [4.78, 5) is 43.1. The predicted molar refractivity (Wildman–Crippen MR) is 416 cm³/mol. The molecule has 7 heterocycles. The minimum Gasteiger partial charge on any atom is -0.361 e. The van der Waals surface area contributed by atoms with Crippen molar-refractivity contribution in [3.05, 3.63) is 252 Å². The molecule has 17 heteroatoms. The number of fused-ring (bicyclic) bond motifs is 12. The summed E-state index contributed by atoms with van der Waals surface area (Å²) in [5.41, 5.74) is 21.1. The third-order valence-electron chi connectivity index (χ3n) is 22.5. The van der Waals surface area contributed by atoms with Crippen LogP contribution in [0.1, 0.15) is 160 Å². The molecule has 8 bridgehead atoms. The second-order valence-electron chi connectivity index (χ2n) is 30.4. The van der Waals surface area contributed by atoms with Gasteiger partial charge in [-0.1, -0.05) is 120 Å². The van der Waals surface area contributed by atoms with Crippen molar-refractivity contribution in [1.29, 1.82) is 0 Å². The van der Waals surface area contributed by atoms with E-state index >= 15 is 0 Å². The Balaban J connectivity index is 0.771. The van der Waals surface area contributed by atoms with Crippen LogP contribution in [-0.2, 0) is 30.2 Å². The lowest BCUT2D eigenvalue weighted by Crippen LogP contribution is -2.28. The molecule has 8 aliphatic rings. The fourth-order valence-corrected chi connectivity index (χ4v) is 19.5. The van der Waals surface area contributed by atoms with Crippen LogP contribution in [0, 0.1) is 49.9 Å². The van der Waals surface area contributed by atoms with E-state index in [0.717, 1.165) is 106 Å². The molecule has 6 N–H and O–H groups in total. The van der Waals surface area contributed by atoms with Gasteiger partial charge in [0.05, 0.1) is 27.9 Å². The molecule has 1 saturated heterocycles. The summed E-state index contributed by atoms with van der Waals surface area (Å²) < 4.78 is 60.8. The molecule has 14 rings (SSSR count). The van der Waals surface area contributed by atoms with Gasteiger partial charge in [-0.15, -0.1) is 11.8 Å². The number of carbonyl (C=O) groups is 2. The van der Waals surface area contributed by atoms with Gasteiger partial charge in [0.2, 0.25) is 11.6 Å². The van der Waals surface area contributed by atoms with E-state index in [4.69, 9.17) is 0 Å². The van der Waals surface area contributed by atoms with Gasteiger partial charge in [0.25, 0.3) is 10.1 Å². The Morgan fingerprint density at radius 3 is 2.31 bits per heavy atom. The first-order valence-electron chi connectivity index (χ1n) is 36.1. The minimum absolute atomic E-state index is 0.00553. The number of benzene rings is 3. The molecule has 1 fully saturated rings. The van der Waals surface area contributed by atoms with Crippen LogP contribution in [0.25, 0.3) is 34.6 Å². The monoisotopic (exact) mass is 1420 g/mol. The molecule has 14 nitrogen and oxygen atoms in total. The third kappa shape index (κ3) is 13.5. The van der Waals surface area contributed by atoms with Gasteiger partial charge >= 0.3 is 0 Å². The minimum atomic E-state index is -4.12. The number of hydrogen-bond acceptors (Lipinski definition) is 9.